The molecular weight excluding hydrogens is 228 g/mol. The summed E-state index contributed by atoms with van der Waals surface area (Å²) >= 11 is 0. The summed E-state index contributed by atoms with van der Waals surface area (Å²) in [5, 5.41) is 9.01. The summed E-state index contributed by atoms with van der Waals surface area (Å²) in [5.74, 6) is -3.82. The van der Waals surface area contributed by atoms with Gasteiger partial charge in [0.2, 0.25) is 0 Å². The molecule has 1 fully saturated rings. The number of aromatic carboxylic acids is 1. The summed E-state index contributed by atoms with van der Waals surface area (Å²) < 4.78 is 26.6. The molecule has 0 aromatic heterocycles. The van der Waals surface area contributed by atoms with Crippen LogP contribution in [0.2, 0.25) is 0 Å². The number of carboxylic acids is 1. The molecule has 3 nitrogen and oxygen atoms in total. The Kier molecular flexibility index (Phi) is 3.00. The molecule has 1 aromatic rings. The Balaban J connectivity index is 2.30. The van der Waals surface area contributed by atoms with Crippen molar-refractivity contribution in [3.05, 3.63) is 29.8 Å². The molecule has 1 aliphatic rings. The maximum absolute atomic E-state index is 13.3. The van der Waals surface area contributed by atoms with Crippen molar-refractivity contribution in [2.75, 3.05) is 18.0 Å². The van der Waals surface area contributed by atoms with Gasteiger partial charge in [0, 0.05) is 13.0 Å². The number of halogens is 2. The van der Waals surface area contributed by atoms with Crippen LogP contribution >= 0.6 is 0 Å². The van der Waals surface area contributed by atoms with Crippen LogP contribution in [0.4, 0.5) is 14.5 Å². The molecule has 5 heteroatoms. The molecule has 1 aromatic carbocycles. The molecule has 1 aliphatic heterocycles. The molecule has 2 rings (SSSR count). The summed E-state index contributed by atoms with van der Waals surface area (Å²) in [6.45, 7) is 0.0666. The SMILES string of the molecule is O=C(O)c1ccccc1N1CCCC(F)(F)C1. The number of carbonyl (C=O) groups is 1. The van der Waals surface area contributed by atoms with Crippen molar-refractivity contribution in [3.63, 3.8) is 0 Å². The fourth-order valence-electron chi connectivity index (χ4n) is 2.10. The number of alkyl halides is 2. The third-order valence-corrected chi connectivity index (χ3v) is 2.87. The zero-order chi connectivity index (χ0) is 12.5. The first-order chi connectivity index (χ1) is 7.99. The van der Waals surface area contributed by atoms with Crippen LogP contribution in [-0.4, -0.2) is 30.1 Å². The summed E-state index contributed by atoms with van der Waals surface area (Å²) in [5.41, 5.74) is 0.449. The van der Waals surface area contributed by atoms with Crippen LogP contribution in [0.15, 0.2) is 24.3 Å². The van der Waals surface area contributed by atoms with E-state index in [0.29, 0.717) is 18.7 Å². The van der Waals surface area contributed by atoms with Gasteiger partial charge in [-0.25, -0.2) is 13.6 Å². The lowest BCUT2D eigenvalue weighted by atomic mass is 10.0. The van der Waals surface area contributed by atoms with Crippen molar-refractivity contribution in [1.82, 2.24) is 0 Å². The normalized spacial score (nSPS) is 19.1. The molecule has 1 heterocycles. The number of nitrogens with zero attached hydrogens (tertiary/aromatic N) is 1. The summed E-state index contributed by atoms with van der Waals surface area (Å²) in [6, 6.07) is 6.26. The minimum atomic E-state index is -2.73. The molecule has 1 N–H and O–H groups in total. The number of carboxylic acid groups (broad SMARTS) is 1. The molecule has 0 aliphatic carbocycles. The van der Waals surface area contributed by atoms with Crippen LogP contribution in [0.1, 0.15) is 23.2 Å². The Labute approximate surface area is 97.7 Å². The number of piperidine rings is 1. The molecule has 1 saturated heterocycles. The molecule has 0 amide bonds. The first-order valence-electron chi connectivity index (χ1n) is 5.45. The van der Waals surface area contributed by atoms with Crippen LogP contribution in [0.3, 0.4) is 0 Å². The highest BCUT2D eigenvalue weighted by Gasteiger charge is 2.36. The first kappa shape index (κ1) is 11.8. The zero-order valence-corrected chi connectivity index (χ0v) is 9.20. The van der Waals surface area contributed by atoms with Gasteiger partial charge in [0.1, 0.15) is 0 Å². The largest absolute Gasteiger partial charge is 0.478 e. The average molecular weight is 241 g/mol. The van der Waals surface area contributed by atoms with E-state index in [1.54, 1.807) is 18.2 Å². The maximum atomic E-state index is 13.3. The second kappa shape index (κ2) is 4.31. The van der Waals surface area contributed by atoms with E-state index in [4.69, 9.17) is 5.11 Å². The number of rotatable bonds is 2. The van der Waals surface area contributed by atoms with Crippen molar-refractivity contribution >= 4 is 11.7 Å². The molecule has 0 spiro atoms. The minimum absolute atomic E-state index is 0.0743. The van der Waals surface area contributed by atoms with Crippen LogP contribution in [0, 0.1) is 0 Å². The highest BCUT2D eigenvalue weighted by atomic mass is 19.3. The Morgan fingerprint density at radius 2 is 2.06 bits per heavy atom. The molecule has 0 unspecified atom stereocenters. The van der Waals surface area contributed by atoms with E-state index in [1.807, 2.05) is 0 Å². The van der Waals surface area contributed by atoms with E-state index >= 15 is 0 Å². The lowest BCUT2D eigenvalue weighted by Crippen LogP contribution is -2.43. The third-order valence-electron chi connectivity index (χ3n) is 2.87. The third kappa shape index (κ3) is 2.54. The Bertz CT molecular complexity index is 434. The van der Waals surface area contributed by atoms with Crippen molar-refractivity contribution in [2.24, 2.45) is 0 Å². The fraction of sp³-hybridized carbons (Fsp3) is 0.417. The number of hydrogen-bond donors (Lipinski definition) is 1. The molecule has 0 saturated carbocycles. The highest BCUT2D eigenvalue weighted by Crippen LogP contribution is 2.31. The average Bonchev–Trinajstić information content (AvgIpc) is 2.27. The lowest BCUT2D eigenvalue weighted by molar-refractivity contribution is -0.0117. The molecule has 0 bridgehead atoms. The second-order valence-electron chi connectivity index (χ2n) is 4.20. The number of hydrogen-bond acceptors (Lipinski definition) is 2. The van der Waals surface area contributed by atoms with Gasteiger partial charge in [0.15, 0.2) is 0 Å². The van der Waals surface area contributed by atoms with Gasteiger partial charge in [-0.3, -0.25) is 0 Å². The first-order valence-corrected chi connectivity index (χ1v) is 5.45. The smallest absolute Gasteiger partial charge is 0.337 e. The molecule has 0 radical (unpaired) electrons. The van der Waals surface area contributed by atoms with Crippen LogP contribution in [-0.2, 0) is 0 Å². The number of anilines is 1. The Hall–Kier alpha value is -1.65. The predicted molar refractivity (Wildman–Crippen MR) is 59.8 cm³/mol. The summed E-state index contributed by atoms with van der Waals surface area (Å²) in [4.78, 5) is 12.5. The second-order valence-corrected chi connectivity index (χ2v) is 4.20. The molecule has 92 valence electrons. The molecular formula is C12H13F2NO2. The fourth-order valence-corrected chi connectivity index (χ4v) is 2.10. The minimum Gasteiger partial charge on any atom is -0.478 e. The summed E-state index contributed by atoms with van der Waals surface area (Å²) in [6.07, 6.45) is 0.250. The van der Waals surface area contributed by atoms with Crippen molar-refractivity contribution in [2.45, 2.75) is 18.8 Å². The van der Waals surface area contributed by atoms with E-state index in [2.05, 4.69) is 0 Å². The van der Waals surface area contributed by atoms with Gasteiger partial charge in [0.05, 0.1) is 17.8 Å². The van der Waals surface area contributed by atoms with Gasteiger partial charge >= 0.3 is 5.97 Å². The predicted octanol–water partition coefficient (Wildman–Crippen LogP) is 2.62. The standard InChI is InChI=1S/C12H13F2NO2/c13-12(14)6-3-7-15(8-12)10-5-2-1-4-9(10)11(16)17/h1-2,4-5H,3,6-8H2,(H,16,17). The summed E-state index contributed by atoms with van der Waals surface area (Å²) in [7, 11) is 0. The number of para-hydroxylation sites is 1. The monoisotopic (exact) mass is 241 g/mol. The van der Waals surface area contributed by atoms with E-state index in [9.17, 15) is 13.6 Å². The van der Waals surface area contributed by atoms with Crippen molar-refractivity contribution in [3.8, 4) is 0 Å². The van der Waals surface area contributed by atoms with Crippen molar-refractivity contribution in [1.29, 1.82) is 0 Å². The van der Waals surface area contributed by atoms with E-state index < -0.39 is 18.4 Å². The van der Waals surface area contributed by atoms with Gasteiger partial charge in [0.25, 0.3) is 5.92 Å². The van der Waals surface area contributed by atoms with E-state index in [-0.39, 0.29) is 12.0 Å². The maximum Gasteiger partial charge on any atom is 0.337 e. The topological polar surface area (TPSA) is 40.5 Å². The Morgan fingerprint density at radius 1 is 1.35 bits per heavy atom. The van der Waals surface area contributed by atoms with Crippen LogP contribution < -0.4 is 4.90 Å². The molecule has 0 atom stereocenters. The number of benzene rings is 1. The van der Waals surface area contributed by atoms with Crippen LogP contribution in [0.5, 0.6) is 0 Å². The molecule has 17 heavy (non-hydrogen) atoms. The van der Waals surface area contributed by atoms with Gasteiger partial charge in [-0.2, -0.15) is 0 Å². The van der Waals surface area contributed by atoms with Gasteiger partial charge in [-0.1, -0.05) is 12.1 Å². The van der Waals surface area contributed by atoms with Gasteiger partial charge < -0.3 is 10.0 Å². The van der Waals surface area contributed by atoms with E-state index in [1.165, 1.54) is 11.0 Å². The van der Waals surface area contributed by atoms with E-state index in [0.717, 1.165) is 0 Å². The Morgan fingerprint density at radius 3 is 2.71 bits per heavy atom. The van der Waals surface area contributed by atoms with Gasteiger partial charge in [-0.05, 0) is 18.6 Å². The van der Waals surface area contributed by atoms with Crippen molar-refractivity contribution < 1.29 is 18.7 Å². The van der Waals surface area contributed by atoms with Crippen LogP contribution in [0.25, 0.3) is 0 Å². The highest BCUT2D eigenvalue weighted by molar-refractivity contribution is 5.94. The lowest BCUT2D eigenvalue weighted by Gasteiger charge is -2.34. The quantitative estimate of drug-likeness (QED) is 0.865. The zero-order valence-electron chi connectivity index (χ0n) is 9.20. The van der Waals surface area contributed by atoms with Gasteiger partial charge in [-0.15, -0.1) is 0 Å².